The molecule has 0 heterocycles. The number of amides is 1. The van der Waals surface area contributed by atoms with Gasteiger partial charge in [0.25, 0.3) is 5.91 Å². The zero-order valence-corrected chi connectivity index (χ0v) is 17.8. The number of hydrogen-bond acceptors (Lipinski definition) is 4. The number of halogens is 1. The SMILES string of the molecule is CC(C)c1ccc(/C=N\NC(=O)CN(c2cccc(Br)c2)S(C)(=O)=O)cc1. The summed E-state index contributed by atoms with van der Waals surface area (Å²) in [4.78, 5) is 12.1. The molecule has 0 fully saturated rings. The molecule has 2 aromatic rings. The van der Waals surface area contributed by atoms with E-state index < -0.39 is 15.9 Å². The summed E-state index contributed by atoms with van der Waals surface area (Å²) in [6, 6.07) is 14.6. The number of carbonyl (C=O) groups is 1. The Morgan fingerprint density at radius 1 is 1.22 bits per heavy atom. The molecule has 0 aliphatic rings. The van der Waals surface area contributed by atoms with Gasteiger partial charge in [0.1, 0.15) is 6.54 Å². The minimum Gasteiger partial charge on any atom is -0.271 e. The van der Waals surface area contributed by atoms with E-state index in [1.807, 2.05) is 24.3 Å². The van der Waals surface area contributed by atoms with Crippen molar-refractivity contribution in [2.45, 2.75) is 19.8 Å². The fraction of sp³-hybridized carbons (Fsp3) is 0.263. The fourth-order valence-corrected chi connectivity index (χ4v) is 3.58. The third-order valence-electron chi connectivity index (χ3n) is 3.79. The monoisotopic (exact) mass is 451 g/mol. The summed E-state index contributed by atoms with van der Waals surface area (Å²) in [6.45, 7) is 3.86. The fourth-order valence-electron chi connectivity index (χ4n) is 2.34. The lowest BCUT2D eigenvalue weighted by Gasteiger charge is -2.21. The van der Waals surface area contributed by atoms with E-state index in [-0.39, 0.29) is 6.54 Å². The Balaban J connectivity index is 2.03. The van der Waals surface area contributed by atoms with Crippen LogP contribution in [-0.4, -0.2) is 33.3 Å². The van der Waals surface area contributed by atoms with Gasteiger partial charge in [-0.05, 0) is 35.2 Å². The van der Waals surface area contributed by atoms with E-state index in [2.05, 4.69) is 40.3 Å². The van der Waals surface area contributed by atoms with Crippen LogP contribution in [0.1, 0.15) is 30.9 Å². The summed E-state index contributed by atoms with van der Waals surface area (Å²) < 4.78 is 25.9. The number of carbonyl (C=O) groups excluding carboxylic acids is 1. The highest BCUT2D eigenvalue weighted by atomic mass is 79.9. The van der Waals surface area contributed by atoms with Gasteiger partial charge in [-0.3, -0.25) is 9.10 Å². The highest BCUT2D eigenvalue weighted by molar-refractivity contribution is 9.10. The van der Waals surface area contributed by atoms with E-state index in [0.717, 1.165) is 20.6 Å². The Labute approximate surface area is 168 Å². The van der Waals surface area contributed by atoms with Gasteiger partial charge in [-0.15, -0.1) is 0 Å². The molecule has 0 aliphatic carbocycles. The van der Waals surface area contributed by atoms with E-state index in [1.54, 1.807) is 24.3 Å². The maximum Gasteiger partial charge on any atom is 0.260 e. The second-order valence-corrected chi connectivity index (χ2v) is 9.19. The molecule has 0 bridgehead atoms. The van der Waals surface area contributed by atoms with Crippen LogP contribution >= 0.6 is 15.9 Å². The second-order valence-electron chi connectivity index (χ2n) is 6.36. The summed E-state index contributed by atoms with van der Waals surface area (Å²) in [5, 5.41) is 3.91. The van der Waals surface area contributed by atoms with E-state index in [0.29, 0.717) is 11.6 Å². The number of hydrazone groups is 1. The molecule has 0 spiro atoms. The van der Waals surface area contributed by atoms with Crippen molar-refractivity contribution in [1.82, 2.24) is 5.43 Å². The largest absolute Gasteiger partial charge is 0.271 e. The molecule has 0 aromatic heterocycles. The summed E-state index contributed by atoms with van der Waals surface area (Å²) in [5.41, 5.74) is 4.82. The smallest absolute Gasteiger partial charge is 0.260 e. The second kappa shape index (κ2) is 9.14. The summed E-state index contributed by atoms with van der Waals surface area (Å²) in [6.07, 6.45) is 2.58. The molecule has 2 aromatic carbocycles. The highest BCUT2D eigenvalue weighted by Crippen LogP contribution is 2.21. The lowest BCUT2D eigenvalue weighted by molar-refractivity contribution is -0.119. The van der Waals surface area contributed by atoms with Crippen LogP contribution in [0.4, 0.5) is 5.69 Å². The molecule has 0 atom stereocenters. The molecule has 0 radical (unpaired) electrons. The van der Waals surface area contributed by atoms with Gasteiger partial charge in [-0.1, -0.05) is 60.1 Å². The first-order chi connectivity index (χ1) is 12.7. The van der Waals surface area contributed by atoms with Crippen LogP contribution in [0.25, 0.3) is 0 Å². The van der Waals surface area contributed by atoms with Crippen LogP contribution in [0.5, 0.6) is 0 Å². The topological polar surface area (TPSA) is 78.8 Å². The van der Waals surface area contributed by atoms with Crippen LogP contribution in [-0.2, 0) is 14.8 Å². The van der Waals surface area contributed by atoms with Crippen LogP contribution in [0.3, 0.4) is 0 Å². The number of nitrogens with one attached hydrogen (secondary N) is 1. The number of sulfonamides is 1. The average molecular weight is 452 g/mol. The van der Waals surface area contributed by atoms with Crippen LogP contribution in [0.15, 0.2) is 58.1 Å². The van der Waals surface area contributed by atoms with Gasteiger partial charge in [-0.25, -0.2) is 13.8 Å². The number of hydrogen-bond donors (Lipinski definition) is 1. The van der Waals surface area contributed by atoms with Gasteiger partial charge in [0.2, 0.25) is 10.0 Å². The molecule has 27 heavy (non-hydrogen) atoms. The van der Waals surface area contributed by atoms with Crippen molar-refractivity contribution < 1.29 is 13.2 Å². The first-order valence-electron chi connectivity index (χ1n) is 8.32. The number of benzene rings is 2. The molecular formula is C19H22BrN3O3S. The van der Waals surface area contributed by atoms with E-state index in [1.165, 1.54) is 11.8 Å². The van der Waals surface area contributed by atoms with Crippen LogP contribution < -0.4 is 9.73 Å². The Morgan fingerprint density at radius 3 is 2.44 bits per heavy atom. The Kier molecular flexibility index (Phi) is 7.15. The van der Waals surface area contributed by atoms with Gasteiger partial charge in [0.05, 0.1) is 18.2 Å². The molecule has 8 heteroatoms. The number of nitrogens with zero attached hydrogens (tertiary/aromatic N) is 2. The average Bonchev–Trinajstić information content (AvgIpc) is 2.59. The third-order valence-corrected chi connectivity index (χ3v) is 5.42. The molecule has 2 rings (SSSR count). The maximum absolute atomic E-state index is 12.1. The molecule has 0 saturated carbocycles. The third kappa shape index (κ3) is 6.48. The van der Waals surface area contributed by atoms with Gasteiger partial charge in [-0.2, -0.15) is 5.10 Å². The number of rotatable bonds is 7. The molecule has 0 aliphatic heterocycles. The predicted molar refractivity (Wildman–Crippen MR) is 113 cm³/mol. The quantitative estimate of drug-likeness (QED) is 0.516. The Bertz CT molecular complexity index is 925. The highest BCUT2D eigenvalue weighted by Gasteiger charge is 2.20. The van der Waals surface area contributed by atoms with Gasteiger partial charge >= 0.3 is 0 Å². The molecule has 144 valence electrons. The molecule has 1 N–H and O–H groups in total. The maximum atomic E-state index is 12.1. The lowest BCUT2D eigenvalue weighted by Crippen LogP contribution is -2.39. The predicted octanol–water partition coefficient (Wildman–Crippen LogP) is 3.49. The van der Waals surface area contributed by atoms with E-state index in [4.69, 9.17) is 0 Å². The molecule has 6 nitrogen and oxygen atoms in total. The molecule has 0 unspecified atom stereocenters. The van der Waals surface area contributed by atoms with Crippen molar-refractivity contribution in [2.24, 2.45) is 5.10 Å². The summed E-state index contributed by atoms with van der Waals surface area (Å²) in [7, 11) is -3.62. The number of anilines is 1. The normalized spacial score (nSPS) is 11.7. The standard InChI is InChI=1S/C19H22BrN3O3S/c1-14(2)16-9-7-15(8-10-16)12-21-22-19(24)13-23(27(3,25)26)18-6-4-5-17(20)11-18/h4-12,14H,13H2,1-3H3,(H,22,24)/b21-12-. The minimum atomic E-state index is -3.62. The Hall–Kier alpha value is -2.19. The first kappa shape index (κ1) is 21.1. The van der Waals surface area contributed by atoms with Crippen molar-refractivity contribution in [2.75, 3.05) is 17.1 Å². The zero-order chi connectivity index (χ0) is 20.0. The van der Waals surface area contributed by atoms with Crippen molar-refractivity contribution >= 4 is 43.8 Å². The van der Waals surface area contributed by atoms with Crippen molar-refractivity contribution in [3.05, 3.63) is 64.1 Å². The zero-order valence-electron chi connectivity index (χ0n) is 15.4. The summed E-state index contributed by atoms with van der Waals surface area (Å²) >= 11 is 3.30. The van der Waals surface area contributed by atoms with Gasteiger partial charge in [0.15, 0.2) is 0 Å². The molecule has 0 saturated heterocycles. The van der Waals surface area contributed by atoms with E-state index in [9.17, 15) is 13.2 Å². The van der Waals surface area contributed by atoms with Gasteiger partial charge < -0.3 is 0 Å². The molecular weight excluding hydrogens is 430 g/mol. The lowest BCUT2D eigenvalue weighted by atomic mass is 10.0. The minimum absolute atomic E-state index is 0.362. The van der Waals surface area contributed by atoms with E-state index >= 15 is 0 Å². The van der Waals surface area contributed by atoms with Crippen LogP contribution in [0.2, 0.25) is 0 Å². The molecule has 1 amide bonds. The van der Waals surface area contributed by atoms with Crippen molar-refractivity contribution in [1.29, 1.82) is 0 Å². The summed E-state index contributed by atoms with van der Waals surface area (Å²) in [5.74, 6) is -0.0915. The van der Waals surface area contributed by atoms with Crippen LogP contribution in [0, 0.1) is 0 Å². The van der Waals surface area contributed by atoms with Crippen molar-refractivity contribution in [3.63, 3.8) is 0 Å². The van der Waals surface area contributed by atoms with Gasteiger partial charge in [0, 0.05) is 4.47 Å². The Morgan fingerprint density at radius 2 is 1.89 bits per heavy atom. The van der Waals surface area contributed by atoms with Crippen molar-refractivity contribution in [3.8, 4) is 0 Å². The first-order valence-corrected chi connectivity index (χ1v) is 11.0.